The Bertz CT molecular complexity index is 278. The van der Waals surface area contributed by atoms with Gasteiger partial charge in [0.1, 0.15) is 6.33 Å². The predicted octanol–water partition coefficient (Wildman–Crippen LogP) is 2.05. The largest absolute Gasteiger partial charge is 0.327 e. The Balaban J connectivity index is 2.74. The first kappa shape index (κ1) is 12.5. The molecule has 5 heteroatoms. The number of nitrogens with zero attached hydrogens (tertiary/aromatic N) is 2. The van der Waals surface area contributed by atoms with Gasteiger partial charge in [0.15, 0.2) is 5.16 Å². The Morgan fingerprint density at radius 3 is 2.60 bits per heavy atom. The Morgan fingerprint density at radius 2 is 2.20 bits per heavy atom. The summed E-state index contributed by atoms with van der Waals surface area (Å²) in [6, 6.07) is 0.181. The molecule has 0 aromatic carbocycles. The molecule has 0 spiro atoms. The lowest BCUT2D eigenvalue weighted by Gasteiger charge is -2.33. The maximum atomic E-state index is 6.14. The van der Waals surface area contributed by atoms with Crippen LogP contribution in [0.25, 0.3) is 0 Å². The number of hydrogen-bond donors (Lipinski definition) is 2. The van der Waals surface area contributed by atoms with Crippen molar-refractivity contribution >= 4 is 11.8 Å². The van der Waals surface area contributed by atoms with Crippen LogP contribution in [0.2, 0.25) is 0 Å². The SMILES string of the molecule is CCC(N)C(Sc1ncn[nH]1)C(C)(C)C. The van der Waals surface area contributed by atoms with Crippen molar-refractivity contribution in [1.29, 1.82) is 0 Å². The molecule has 0 saturated carbocycles. The maximum Gasteiger partial charge on any atom is 0.183 e. The monoisotopic (exact) mass is 228 g/mol. The highest BCUT2D eigenvalue weighted by atomic mass is 32.2. The zero-order valence-electron chi connectivity index (χ0n) is 9.82. The van der Waals surface area contributed by atoms with Gasteiger partial charge in [0.25, 0.3) is 0 Å². The highest BCUT2D eigenvalue weighted by molar-refractivity contribution is 7.99. The maximum absolute atomic E-state index is 6.14. The van der Waals surface area contributed by atoms with Crippen LogP contribution >= 0.6 is 11.8 Å². The fourth-order valence-corrected chi connectivity index (χ4v) is 2.67. The summed E-state index contributed by atoms with van der Waals surface area (Å²) < 4.78 is 0. The van der Waals surface area contributed by atoms with Crippen molar-refractivity contribution in [2.24, 2.45) is 11.1 Å². The van der Waals surface area contributed by atoms with Crippen LogP contribution < -0.4 is 5.73 Å². The smallest absolute Gasteiger partial charge is 0.183 e. The Morgan fingerprint density at radius 1 is 1.53 bits per heavy atom. The Hall–Kier alpha value is -0.550. The zero-order valence-corrected chi connectivity index (χ0v) is 10.6. The van der Waals surface area contributed by atoms with Crippen LogP contribution in [-0.2, 0) is 0 Å². The summed E-state index contributed by atoms with van der Waals surface area (Å²) in [6.45, 7) is 8.73. The number of nitrogens with one attached hydrogen (secondary N) is 1. The third-order valence-corrected chi connectivity index (χ3v) is 4.08. The van der Waals surface area contributed by atoms with Gasteiger partial charge in [-0.3, -0.25) is 5.10 Å². The molecule has 15 heavy (non-hydrogen) atoms. The van der Waals surface area contributed by atoms with E-state index in [4.69, 9.17) is 5.73 Å². The molecule has 2 unspecified atom stereocenters. The highest BCUT2D eigenvalue weighted by Crippen LogP contribution is 2.35. The fourth-order valence-electron chi connectivity index (χ4n) is 1.49. The van der Waals surface area contributed by atoms with Gasteiger partial charge in [-0.1, -0.05) is 39.5 Å². The molecule has 0 aliphatic rings. The van der Waals surface area contributed by atoms with Crippen molar-refractivity contribution < 1.29 is 0 Å². The van der Waals surface area contributed by atoms with Crippen molar-refractivity contribution in [3.63, 3.8) is 0 Å². The van der Waals surface area contributed by atoms with Gasteiger partial charge in [-0.2, -0.15) is 5.10 Å². The van der Waals surface area contributed by atoms with Gasteiger partial charge in [0.05, 0.1) is 0 Å². The standard InChI is InChI=1S/C10H20N4S/c1-5-7(11)8(10(2,3)4)15-9-12-6-13-14-9/h6-8H,5,11H2,1-4H3,(H,12,13,14). The zero-order chi connectivity index (χ0) is 11.5. The first-order valence-corrected chi connectivity index (χ1v) is 6.10. The summed E-state index contributed by atoms with van der Waals surface area (Å²) in [5, 5.41) is 7.90. The lowest BCUT2D eigenvalue weighted by atomic mass is 9.87. The van der Waals surface area contributed by atoms with Crippen LogP contribution in [-0.4, -0.2) is 26.5 Å². The molecule has 1 heterocycles. The molecule has 1 aromatic heterocycles. The molecule has 0 amide bonds. The molecule has 1 aromatic rings. The minimum absolute atomic E-state index is 0.160. The van der Waals surface area contributed by atoms with Gasteiger partial charge in [-0.25, -0.2) is 4.98 Å². The summed E-state index contributed by atoms with van der Waals surface area (Å²) >= 11 is 1.68. The third-order valence-electron chi connectivity index (χ3n) is 2.35. The predicted molar refractivity (Wildman–Crippen MR) is 63.7 cm³/mol. The van der Waals surface area contributed by atoms with E-state index in [2.05, 4.69) is 42.9 Å². The molecule has 0 aliphatic carbocycles. The second-order valence-corrected chi connectivity index (χ2v) is 5.90. The number of hydrogen-bond acceptors (Lipinski definition) is 4. The Kier molecular flexibility index (Phi) is 4.16. The van der Waals surface area contributed by atoms with Gasteiger partial charge in [-0.15, -0.1) is 0 Å². The van der Waals surface area contributed by atoms with Crippen molar-refractivity contribution in [3.05, 3.63) is 6.33 Å². The van der Waals surface area contributed by atoms with Crippen LogP contribution in [0.1, 0.15) is 34.1 Å². The van der Waals surface area contributed by atoms with E-state index in [-0.39, 0.29) is 11.5 Å². The molecule has 4 nitrogen and oxygen atoms in total. The van der Waals surface area contributed by atoms with E-state index in [0.717, 1.165) is 11.6 Å². The summed E-state index contributed by atoms with van der Waals surface area (Å²) in [5.41, 5.74) is 6.30. The summed E-state index contributed by atoms with van der Waals surface area (Å²) in [6.07, 6.45) is 2.50. The van der Waals surface area contributed by atoms with Crippen molar-refractivity contribution in [2.45, 2.75) is 50.6 Å². The van der Waals surface area contributed by atoms with E-state index in [1.54, 1.807) is 11.8 Å². The number of nitrogens with two attached hydrogens (primary N) is 1. The molecule has 0 saturated heterocycles. The molecule has 0 radical (unpaired) electrons. The molecule has 0 bridgehead atoms. The summed E-state index contributed by atoms with van der Waals surface area (Å²) in [7, 11) is 0. The van der Waals surface area contributed by atoms with Gasteiger partial charge in [0, 0.05) is 11.3 Å². The molecule has 2 atom stereocenters. The normalized spacial score (nSPS) is 16.3. The average Bonchev–Trinajstić information content (AvgIpc) is 2.63. The van der Waals surface area contributed by atoms with Crippen LogP contribution in [0.5, 0.6) is 0 Å². The number of aromatic nitrogens is 3. The van der Waals surface area contributed by atoms with Crippen molar-refractivity contribution in [3.8, 4) is 0 Å². The van der Waals surface area contributed by atoms with E-state index in [9.17, 15) is 0 Å². The second-order valence-electron chi connectivity index (χ2n) is 4.77. The van der Waals surface area contributed by atoms with Crippen molar-refractivity contribution in [2.75, 3.05) is 0 Å². The second kappa shape index (κ2) is 4.99. The van der Waals surface area contributed by atoms with Crippen LogP contribution in [0.15, 0.2) is 11.5 Å². The highest BCUT2D eigenvalue weighted by Gasteiger charge is 2.31. The molecular weight excluding hydrogens is 208 g/mol. The fraction of sp³-hybridized carbons (Fsp3) is 0.800. The number of aromatic amines is 1. The van der Waals surface area contributed by atoms with E-state index < -0.39 is 0 Å². The van der Waals surface area contributed by atoms with Crippen molar-refractivity contribution in [1.82, 2.24) is 15.2 Å². The van der Waals surface area contributed by atoms with E-state index >= 15 is 0 Å². The van der Waals surface area contributed by atoms with Crippen LogP contribution in [0.3, 0.4) is 0 Å². The van der Waals surface area contributed by atoms with E-state index in [1.807, 2.05) is 0 Å². The quantitative estimate of drug-likeness (QED) is 0.774. The van der Waals surface area contributed by atoms with Gasteiger partial charge in [0.2, 0.25) is 0 Å². The topological polar surface area (TPSA) is 67.6 Å². The number of thioether (sulfide) groups is 1. The first-order valence-electron chi connectivity index (χ1n) is 5.22. The molecular formula is C10H20N4S. The minimum Gasteiger partial charge on any atom is -0.327 e. The number of H-pyrrole nitrogens is 1. The average molecular weight is 228 g/mol. The number of rotatable bonds is 4. The van der Waals surface area contributed by atoms with E-state index in [1.165, 1.54) is 6.33 Å². The minimum atomic E-state index is 0.160. The van der Waals surface area contributed by atoms with E-state index in [0.29, 0.717) is 5.25 Å². The molecule has 86 valence electrons. The third kappa shape index (κ3) is 3.50. The Labute approximate surface area is 95.4 Å². The summed E-state index contributed by atoms with van der Waals surface area (Å²) in [5.74, 6) is 0. The molecule has 1 rings (SSSR count). The molecule has 3 N–H and O–H groups in total. The van der Waals surface area contributed by atoms with Gasteiger partial charge < -0.3 is 5.73 Å². The lowest BCUT2D eigenvalue weighted by Crippen LogP contribution is -2.40. The molecule has 0 fully saturated rings. The van der Waals surface area contributed by atoms with Gasteiger partial charge >= 0.3 is 0 Å². The van der Waals surface area contributed by atoms with Gasteiger partial charge in [-0.05, 0) is 11.8 Å². The van der Waals surface area contributed by atoms with Crippen LogP contribution in [0.4, 0.5) is 0 Å². The summed E-state index contributed by atoms with van der Waals surface area (Å²) in [4.78, 5) is 4.13. The first-order chi connectivity index (χ1) is 6.95. The lowest BCUT2D eigenvalue weighted by molar-refractivity contribution is 0.349. The molecule has 0 aliphatic heterocycles. The van der Waals surface area contributed by atoms with Crippen LogP contribution in [0, 0.1) is 5.41 Å².